The van der Waals surface area contributed by atoms with Crippen molar-refractivity contribution >= 4 is 15.9 Å². The number of aryl methyl sites for hydroxylation is 1. The molecule has 7 nitrogen and oxygen atoms in total. The second-order valence-electron chi connectivity index (χ2n) is 6.98. The van der Waals surface area contributed by atoms with Gasteiger partial charge in [-0.05, 0) is 25.2 Å². The van der Waals surface area contributed by atoms with Gasteiger partial charge in [0.15, 0.2) is 0 Å². The molecule has 1 fully saturated rings. The van der Waals surface area contributed by atoms with Gasteiger partial charge in [-0.3, -0.25) is 9.48 Å². The molecule has 0 unspecified atom stereocenters. The quantitative estimate of drug-likeness (QED) is 0.831. The number of hydrogen-bond donors (Lipinski definition) is 1. The fourth-order valence-electron chi connectivity index (χ4n) is 3.33. The van der Waals surface area contributed by atoms with Crippen molar-refractivity contribution in [3.63, 3.8) is 0 Å². The standard InChI is InChI=1S/C16H28N4O3S/c1-6-7-20-12(4)13(8-17-20)16(21)19-9-14(11(2)3)15(10-19)18-24(5,22)23/h8,11,14-15,18H,6-7,9-10H2,1-5H3/t14-,15+/m1/s1. The van der Waals surface area contributed by atoms with Crippen LogP contribution in [0.4, 0.5) is 0 Å². The van der Waals surface area contributed by atoms with Crippen LogP contribution in [-0.4, -0.2) is 54.4 Å². The SMILES string of the molecule is CCCn1ncc(C(=O)N2C[C@H](NS(C)(=O)=O)[C@@H](C(C)C)C2)c1C. The molecule has 1 aliphatic rings. The van der Waals surface area contributed by atoms with Crippen molar-refractivity contribution in [3.8, 4) is 0 Å². The second-order valence-corrected chi connectivity index (χ2v) is 8.76. The molecular weight excluding hydrogens is 328 g/mol. The first-order valence-corrected chi connectivity index (χ1v) is 10.3. The van der Waals surface area contributed by atoms with Crippen LogP contribution in [0.3, 0.4) is 0 Å². The van der Waals surface area contributed by atoms with Gasteiger partial charge in [0, 0.05) is 31.4 Å². The highest BCUT2D eigenvalue weighted by molar-refractivity contribution is 7.88. The maximum absolute atomic E-state index is 12.9. The lowest BCUT2D eigenvalue weighted by Crippen LogP contribution is -2.41. The number of rotatable bonds is 6. The maximum Gasteiger partial charge on any atom is 0.257 e. The summed E-state index contributed by atoms with van der Waals surface area (Å²) < 4.78 is 27.7. The minimum absolute atomic E-state index is 0.0710. The van der Waals surface area contributed by atoms with Crippen molar-refractivity contribution in [1.29, 1.82) is 0 Å². The average molecular weight is 356 g/mol. The smallest absolute Gasteiger partial charge is 0.257 e. The van der Waals surface area contributed by atoms with Gasteiger partial charge in [-0.15, -0.1) is 0 Å². The van der Waals surface area contributed by atoms with Crippen LogP contribution in [0, 0.1) is 18.8 Å². The molecule has 0 saturated carbocycles. The van der Waals surface area contributed by atoms with Gasteiger partial charge in [0.2, 0.25) is 10.0 Å². The lowest BCUT2D eigenvalue weighted by Gasteiger charge is -2.21. The molecule has 1 aliphatic heterocycles. The summed E-state index contributed by atoms with van der Waals surface area (Å²) in [5, 5.41) is 4.29. The van der Waals surface area contributed by atoms with Gasteiger partial charge >= 0.3 is 0 Å². The predicted octanol–water partition coefficient (Wildman–Crippen LogP) is 1.25. The van der Waals surface area contributed by atoms with Gasteiger partial charge in [-0.1, -0.05) is 20.8 Å². The van der Waals surface area contributed by atoms with E-state index in [1.807, 2.05) is 11.6 Å². The zero-order valence-electron chi connectivity index (χ0n) is 15.1. The van der Waals surface area contributed by atoms with Crippen molar-refractivity contribution in [2.75, 3.05) is 19.3 Å². The molecule has 2 rings (SSSR count). The third kappa shape index (κ3) is 4.16. The molecule has 24 heavy (non-hydrogen) atoms. The number of hydrogen-bond acceptors (Lipinski definition) is 4. The minimum Gasteiger partial charge on any atom is -0.337 e. The zero-order valence-corrected chi connectivity index (χ0v) is 15.9. The molecule has 0 spiro atoms. The lowest BCUT2D eigenvalue weighted by atomic mass is 9.92. The number of aromatic nitrogens is 2. The number of nitrogens with zero attached hydrogens (tertiary/aromatic N) is 3. The van der Waals surface area contributed by atoms with Crippen LogP contribution >= 0.6 is 0 Å². The normalized spacial score (nSPS) is 21.7. The molecule has 1 saturated heterocycles. The van der Waals surface area contributed by atoms with E-state index in [4.69, 9.17) is 0 Å². The Hall–Kier alpha value is -1.41. The van der Waals surface area contributed by atoms with Gasteiger partial charge in [-0.2, -0.15) is 5.10 Å². The molecule has 1 amide bonds. The number of nitrogens with one attached hydrogen (secondary N) is 1. The summed E-state index contributed by atoms with van der Waals surface area (Å²) in [7, 11) is -3.30. The maximum atomic E-state index is 12.9. The average Bonchev–Trinajstić information content (AvgIpc) is 3.02. The molecule has 2 atom stereocenters. The van der Waals surface area contributed by atoms with E-state index in [-0.39, 0.29) is 23.8 Å². The summed E-state index contributed by atoms with van der Waals surface area (Å²) in [4.78, 5) is 14.6. The largest absolute Gasteiger partial charge is 0.337 e. The third-order valence-corrected chi connectivity index (χ3v) is 5.37. The third-order valence-electron chi connectivity index (χ3n) is 4.64. The van der Waals surface area contributed by atoms with Crippen LogP contribution in [0.15, 0.2) is 6.20 Å². The van der Waals surface area contributed by atoms with Crippen LogP contribution in [0.1, 0.15) is 43.2 Å². The van der Waals surface area contributed by atoms with Gasteiger partial charge in [0.05, 0.1) is 18.0 Å². The monoisotopic (exact) mass is 356 g/mol. The fraction of sp³-hybridized carbons (Fsp3) is 0.750. The Bertz CT molecular complexity index is 696. The highest BCUT2D eigenvalue weighted by atomic mass is 32.2. The Balaban J connectivity index is 2.19. The van der Waals surface area contributed by atoms with E-state index in [9.17, 15) is 13.2 Å². The molecule has 2 heterocycles. The number of carbonyl (C=O) groups is 1. The van der Waals surface area contributed by atoms with Crippen molar-refractivity contribution < 1.29 is 13.2 Å². The molecule has 0 aromatic carbocycles. The highest BCUT2D eigenvalue weighted by Gasteiger charge is 2.39. The summed E-state index contributed by atoms with van der Waals surface area (Å²) in [6.45, 7) is 9.82. The van der Waals surface area contributed by atoms with Crippen molar-refractivity contribution in [2.45, 2.75) is 46.7 Å². The van der Waals surface area contributed by atoms with Crippen molar-refractivity contribution in [1.82, 2.24) is 19.4 Å². The van der Waals surface area contributed by atoms with Gasteiger partial charge in [0.1, 0.15) is 0 Å². The Kier molecular flexibility index (Phi) is 5.70. The Labute approximate surface area is 144 Å². The van der Waals surface area contributed by atoms with Crippen LogP contribution in [-0.2, 0) is 16.6 Å². The zero-order chi connectivity index (χ0) is 18.1. The number of amides is 1. The van der Waals surface area contributed by atoms with E-state index in [0.29, 0.717) is 18.7 Å². The Morgan fingerprint density at radius 1 is 1.42 bits per heavy atom. The number of sulfonamides is 1. The van der Waals surface area contributed by atoms with Crippen LogP contribution in [0.2, 0.25) is 0 Å². The molecule has 0 aliphatic carbocycles. The van der Waals surface area contributed by atoms with E-state index < -0.39 is 10.0 Å². The molecule has 8 heteroatoms. The number of likely N-dealkylation sites (tertiary alicyclic amines) is 1. The lowest BCUT2D eigenvalue weighted by molar-refractivity contribution is 0.0782. The molecule has 0 bridgehead atoms. The second kappa shape index (κ2) is 7.23. The minimum atomic E-state index is -3.30. The summed E-state index contributed by atoms with van der Waals surface area (Å²) >= 11 is 0. The van der Waals surface area contributed by atoms with Gasteiger partial charge < -0.3 is 4.90 Å². The number of carbonyl (C=O) groups excluding carboxylic acids is 1. The molecule has 136 valence electrons. The van der Waals surface area contributed by atoms with E-state index in [1.165, 1.54) is 0 Å². The molecule has 0 radical (unpaired) electrons. The van der Waals surface area contributed by atoms with Gasteiger partial charge in [0.25, 0.3) is 5.91 Å². The highest BCUT2D eigenvalue weighted by Crippen LogP contribution is 2.26. The molecule has 1 N–H and O–H groups in total. The molecule has 1 aromatic rings. The summed E-state index contributed by atoms with van der Waals surface area (Å²) in [5.41, 5.74) is 1.47. The Morgan fingerprint density at radius 3 is 2.62 bits per heavy atom. The van der Waals surface area contributed by atoms with Crippen LogP contribution in [0.5, 0.6) is 0 Å². The summed E-state index contributed by atoms with van der Waals surface area (Å²) in [5.74, 6) is 0.318. The van der Waals surface area contributed by atoms with Crippen LogP contribution in [0.25, 0.3) is 0 Å². The fourth-order valence-corrected chi connectivity index (χ4v) is 4.13. The van der Waals surface area contributed by atoms with E-state index in [2.05, 4.69) is 30.6 Å². The topological polar surface area (TPSA) is 84.3 Å². The molecule has 1 aromatic heterocycles. The summed E-state index contributed by atoms with van der Waals surface area (Å²) in [6, 6.07) is -0.241. The van der Waals surface area contributed by atoms with Crippen molar-refractivity contribution in [2.24, 2.45) is 11.8 Å². The predicted molar refractivity (Wildman–Crippen MR) is 93.3 cm³/mol. The van der Waals surface area contributed by atoms with Gasteiger partial charge in [-0.25, -0.2) is 13.1 Å². The first kappa shape index (κ1) is 18.9. The summed E-state index contributed by atoms with van der Waals surface area (Å²) in [6.07, 6.45) is 3.73. The first-order valence-electron chi connectivity index (χ1n) is 8.43. The molecular formula is C16H28N4O3S. The Morgan fingerprint density at radius 2 is 2.08 bits per heavy atom. The van der Waals surface area contributed by atoms with E-state index in [1.54, 1.807) is 11.1 Å². The van der Waals surface area contributed by atoms with E-state index >= 15 is 0 Å². The van der Waals surface area contributed by atoms with Crippen molar-refractivity contribution in [3.05, 3.63) is 17.5 Å². The van der Waals surface area contributed by atoms with Crippen LogP contribution < -0.4 is 4.72 Å². The first-order chi connectivity index (χ1) is 11.1. The van der Waals surface area contributed by atoms with E-state index in [0.717, 1.165) is 24.9 Å².